The van der Waals surface area contributed by atoms with Crippen molar-refractivity contribution < 1.29 is 0 Å². The highest BCUT2D eigenvalue weighted by atomic mass is 15.3. The molecule has 2 heteroatoms. The summed E-state index contributed by atoms with van der Waals surface area (Å²) < 4.78 is 0. The summed E-state index contributed by atoms with van der Waals surface area (Å²) >= 11 is 0. The summed E-state index contributed by atoms with van der Waals surface area (Å²) in [4.78, 5) is 2.85. The molecule has 0 aromatic carbocycles. The van der Waals surface area contributed by atoms with Gasteiger partial charge in [0.1, 0.15) is 0 Å². The Bertz CT molecular complexity index is 272. The molecule has 0 spiro atoms. The van der Waals surface area contributed by atoms with Crippen LogP contribution in [0, 0.1) is 11.8 Å². The number of likely N-dealkylation sites (tertiary alicyclic amines) is 1. The summed E-state index contributed by atoms with van der Waals surface area (Å²) in [6, 6.07) is 0.848. The summed E-state index contributed by atoms with van der Waals surface area (Å²) in [6.07, 6.45) is 11.0. The molecule has 0 radical (unpaired) electrons. The van der Waals surface area contributed by atoms with Gasteiger partial charge in [0, 0.05) is 18.1 Å². The zero-order chi connectivity index (χ0) is 13.9. The van der Waals surface area contributed by atoms with Crippen molar-refractivity contribution in [2.24, 2.45) is 17.6 Å². The highest BCUT2D eigenvalue weighted by molar-refractivity contribution is 5.01. The number of rotatable bonds is 6. The molecule has 2 aliphatic rings. The Morgan fingerprint density at radius 1 is 1.21 bits per heavy atom. The average molecular weight is 266 g/mol. The lowest BCUT2D eigenvalue weighted by Crippen LogP contribution is -2.57. The van der Waals surface area contributed by atoms with Crippen molar-refractivity contribution in [1.29, 1.82) is 0 Å². The second kappa shape index (κ2) is 6.58. The zero-order valence-corrected chi connectivity index (χ0v) is 13.3. The molecule has 4 unspecified atom stereocenters. The largest absolute Gasteiger partial charge is 0.329 e. The maximum Gasteiger partial charge on any atom is 0.0334 e. The van der Waals surface area contributed by atoms with E-state index < -0.39 is 0 Å². The fourth-order valence-electron chi connectivity index (χ4n) is 4.60. The van der Waals surface area contributed by atoms with Gasteiger partial charge in [-0.05, 0) is 50.5 Å². The highest BCUT2D eigenvalue weighted by Crippen LogP contribution is 2.42. The summed E-state index contributed by atoms with van der Waals surface area (Å²) in [5.74, 6) is 1.77. The molecule has 0 amide bonds. The lowest BCUT2D eigenvalue weighted by Gasteiger charge is -2.47. The van der Waals surface area contributed by atoms with Crippen molar-refractivity contribution in [2.75, 3.05) is 13.1 Å². The van der Waals surface area contributed by atoms with Crippen LogP contribution >= 0.6 is 0 Å². The Labute approximate surface area is 120 Å². The first-order chi connectivity index (χ1) is 9.16. The van der Waals surface area contributed by atoms with Crippen LogP contribution in [-0.2, 0) is 0 Å². The summed E-state index contributed by atoms with van der Waals surface area (Å²) in [5, 5.41) is 0. The number of hydrogen-bond acceptors (Lipinski definition) is 2. The van der Waals surface area contributed by atoms with E-state index in [0.717, 1.165) is 24.4 Å². The molecule has 1 aliphatic carbocycles. The van der Waals surface area contributed by atoms with E-state index >= 15 is 0 Å². The van der Waals surface area contributed by atoms with Crippen molar-refractivity contribution in [3.63, 3.8) is 0 Å². The third-order valence-corrected chi connectivity index (χ3v) is 6.08. The van der Waals surface area contributed by atoms with Crippen molar-refractivity contribution in [3.05, 3.63) is 0 Å². The number of nitrogens with two attached hydrogens (primary N) is 1. The van der Waals surface area contributed by atoms with E-state index in [9.17, 15) is 0 Å². The second-order valence-corrected chi connectivity index (χ2v) is 7.09. The van der Waals surface area contributed by atoms with Crippen LogP contribution in [0.25, 0.3) is 0 Å². The van der Waals surface area contributed by atoms with Gasteiger partial charge in [0.15, 0.2) is 0 Å². The van der Waals surface area contributed by atoms with Gasteiger partial charge in [-0.25, -0.2) is 0 Å². The Hall–Kier alpha value is -0.0800. The van der Waals surface area contributed by atoms with E-state index in [1.807, 2.05) is 0 Å². The van der Waals surface area contributed by atoms with E-state index in [2.05, 4.69) is 25.7 Å². The zero-order valence-electron chi connectivity index (χ0n) is 13.3. The van der Waals surface area contributed by atoms with Crippen LogP contribution in [0.5, 0.6) is 0 Å². The van der Waals surface area contributed by atoms with Crippen LogP contribution in [0.2, 0.25) is 0 Å². The van der Waals surface area contributed by atoms with Gasteiger partial charge in [-0.3, -0.25) is 4.90 Å². The maximum absolute atomic E-state index is 6.28. The molecule has 1 aliphatic heterocycles. The van der Waals surface area contributed by atoms with E-state index in [1.165, 1.54) is 57.9 Å². The first kappa shape index (κ1) is 15.3. The van der Waals surface area contributed by atoms with Gasteiger partial charge in [-0.1, -0.05) is 40.0 Å². The predicted molar refractivity (Wildman–Crippen MR) is 83.2 cm³/mol. The summed E-state index contributed by atoms with van der Waals surface area (Å²) in [6.45, 7) is 9.21. The molecule has 0 bridgehead atoms. The minimum atomic E-state index is 0.284. The van der Waals surface area contributed by atoms with Gasteiger partial charge in [-0.2, -0.15) is 0 Å². The van der Waals surface area contributed by atoms with Crippen LogP contribution in [0.3, 0.4) is 0 Å². The van der Waals surface area contributed by atoms with E-state index in [4.69, 9.17) is 5.73 Å². The fourth-order valence-corrected chi connectivity index (χ4v) is 4.60. The number of hydrogen-bond donors (Lipinski definition) is 1. The first-order valence-electron chi connectivity index (χ1n) is 8.63. The third kappa shape index (κ3) is 3.00. The summed E-state index contributed by atoms with van der Waals surface area (Å²) in [5.41, 5.74) is 6.57. The molecule has 0 aromatic rings. The summed E-state index contributed by atoms with van der Waals surface area (Å²) in [7, 11) is 0. The molecule has 4 atom stereocenters. The van der Waals surface area contributed by atoms with Crippen LogP contribution in [0.1, 0.15) is 72.1 Å². The standard InChI is InChI=1S/C17H34N2/c1-4-14(3)12-17(5-2,13-18)19-11-10-15-8-6-7-9-16(15)19/h14-16H,4-13,18H2,1-3H3. The van der Waals surface area contributed by atoms with Crippen LogP contribution in [-0.4, -0.2) is 29.6 Å². The van der Waals surface area contributed by atoms with Crippen LogP contribution in [0.4, 0.5) is 0 Å². The van der Waals surface area contributed by atoms with Gasteiger partial charge >= 0.3 is 0 Å². The molecule has 2 nitrogen and oxygen atoms in total. The van der Waals surface area contributed by atoms with Gasteiger partial charge in [0.05, 0.1) is 0 Å². The number of nitrogens with zero attached hydrogens (tertiary/aromatic N) is 1. The lowest BCUT2D eigenvalue weighted by molar-refractivity contribution is 0.0332. The van der Waals surface area contributed by atoms with E-state index in [1.54, 1.807) is 0 Å². The molecule has 2 N–H and O–H groups in total. The molecule has 1 heterocycles. The molecule has 2 rings (SSSR count). The van der Waals surface area contributed by atoms with Crippen molar-refractivity contribution in [1.82, 2.24) is 4.90 Å². The Kier molecular flexibility index (Phi) is 5.30. The highest BCUT2D eigenvalue weighted by Gasteiger charge is 2.45. The molecule has 2 fully saturated rings. The molecular formula is C17H34N2. The number of fused-ring (bicyclic) bond motifs is 1. The Balaban J connectivity index is 2.13. The predicted octanol–water partition coefficient (Wildman–Crippen LogP) is 3.79. The topological polar surface area (TPSA) is 29.3 Å². The smallest absolute Gasteiger partial charge is 0.0334 e. The minimum absolute atomic E-state index is 0.284. The lowest BCUT2D eigenvalue weighted by atomic mass is 9.79. The van der Waals surface area contributed by atoms with Crippen molar-refractivity contribution in [2.45, 2.75) is 83.7 Å². The molecule has 112 valence electrons. The normalized spacial score (nSPS) is 32.8. The maximum atomic E-state index is 6.28. The fraction of sp³-hybridized carbons (Fsp3) is 1.00. The minimum Gasteiger partial charge on any atom is -0.329 e. The SMILES string of the molecule is CCC(C)CC(CC)(CN)N1CCC2CCCCC21. The third-order valence-electron chi connectivity index (χ3n) is 6.08. The first-order valence-corrected chi connectivity index (χ1v) is 8.63. The Morgan fingerprint density at radius 2 is 1.95 bits per heavy atom. The van der Waals surface area contributed by atoms with Crippen LogP contribution < -0.4 is 5.73 Å². The molecule has 19 heavy (non-hydrogen) atoms. The quantitative estimate of drug-likeness (QED) is 0.792. The van der Waals surface area contributed by atoms with E-state index in [-0.39, 0.29) is 5.54 Å². The van der Waals surface area contributed by atoms with Crippen molar-refractivity contribution >= 4 is 0 Å². The second-order valence-electron chi connectivity index (χ2n) is 7.09. The molecule has 1 saturated carbocycles. The Morgan fingerprint density at radius 3 is 2.58 bits per heavy atom. The van der Waals surface area contributed by atoms with E-state index in [0.29, 0.717) is 0 Å². The van der Waals surface area contributed by atoms with Crippen molar-refractivity contribution in [3.8, 4) is 0 Å². The van der Waals surface area contributed by atoms with Gasteiger partial charge in [-0.15, -0.1) is 0 Å². The van der Waals surface area contributed by atoms with Crippen LogP contribution in [0.15, 0.2) is 0 Å². The molecule has 0 aromatic heterocycles. The monoisotopic (exact) mass is 266 g/mol. The van der Waals surface area contributed by atoms with Gasteiger partial charge < -0.3 is 5.73 Å². The van der Waals surface area contributed by atoms with Gasteiger partial charge in [0.25, 0.3) is 0 Å². The molecular weight excluding hydrogens is 232 g/mol. The average Bonchev–Trinajstić information content (AvgIpc) is 2.89. The van der Waals surface area contributed by atoms with Gasteiger partial charge in [0.2, 0.25) is 0 Å². The molecule has 1 saturated heterocycles.